The van der Waals surface area contributed by atoms with Gasteiger partial charge in [0.2, 0.25) is 5.89 Å². The highest BCUT2D eigenvalue weighted by atomic mass is 32.2. The first-order valence-corrected chi connectivity index (χ1v) is 9.21. The van der Waals surface area contributed by atoms with Crippen molar-refractivity contribution >= 4 is 17.5 Å². The Bertz CT molecular complexity index is 894. The molecule has 0 aliphatic heterocycles. The lowest BCUT2D eigenvalue weighted by atomic mass is 10.1. The molecule has 0 N–H and O–H groups in total. The molecule has 25 heavy (non-hydrogen) atoms. The van der Waals surface area contributed by atoms with Crippen molar-refractivity contribution in [2.45, 2.75) is 39.5 Å². The second-order valence-corrected chi connectivity index (χ2v) is 6.91. The number of nitrogens with zero attached hydrogens (tertiary/aromatic N) is 3. The topological polar surface area (TPSA) is 60.9 Å². The maximum atomic E-state index is 12.5. The van der Waals surface area contributed by atoms with E-state index in [4.69, 9.17) is 4.42 Å². The van der Waals surface area contributed by atoms with E-state index in [0.717, 1.165) is 29.1 Å². The minimum atomic E-state index is 0.0767. The molecule has 0 unspecified atom stereocenters. The fourth-order valence-corrected chi connectivity index (χ4v) is 3.50. The average molecular weight is 355 g/mol. The summed E-state index contributed by atoms with van der Waals surface area (Å²) in [5.41, 5.74) is 4.94. The van der Waals surface area contributed by atoms with Gasteiger partial charge in [0, 0.05) is 29.1 Å². The number of aromatic nitrogens is 3. The van der Waals surface area contributed by atoms with Gasteiger partial charge in [-0.2, -0.15) is 0 Å². The van der Waals surface area contributed by atoms with E-state index in [9.17, 15) is 4.79 Å². The van der Waals surface area contributed by atoms with Gasteiger partial charge in [-0.15, -0.1) is 10.2 Å². The lowest BCUT2D eigenvalue weighted by Crippen LogP contribution is -2.05. The highest BCUT2D eigenvalue weighted by molar-refractivity contribution is 7.99. The zero-order valence-electron chi connectivity index (χ0n) is 14.9. The summed E-state index contributed by atoms with van der Waals surface area (Å²) >= 11 is 1.27. The van der Waals surface area contributed by atoms with Crippen LogP contribution >= 0.6 is 11.8 Å². The minimum absolute atomic E-state index is 0.0767. The standard InChI is InChI=1S/C19H21N3O2S/c1-5-22-13(3)10-16(14(22)4)17(23)11-25-19-21-20-18(24-19)15-8-6-12(2)7-9-15/h6-10H,5,11H2,1-4H3. The number of ketones is 1. The number of Topliss-reactive ketones (excluding diaryl/α,β-unsaturated/α-hetero) is 1. The second-order valence-electron chi connectivity index (χ2n) is 5.98. The Morgan fingerprint density at radius 3 is 2.52 bits per heavy atom. The summed E-state index contributed by atoms with van der Waals surface area (Å²) in [6.07, 6.45) is 0. The van der Waals surface area contributed by atoms with Gasteiger partial charge in [0.05, 0.1) is 5.75 Å². The summed E-state index contributed by atoms with van der Waals surface area (Å²) < 4.78 is 7.80. The van der Waals surface area contributed by atoms with Gasteiger partial charge in [0.25, 0.3) is 5.22 Å². The first kappa shape index (κ1) is 17.5. The number of rotatable bonds is 6. The molecular weight excluding hydrogens is 334 g/mol. The number of hydrogen-bond acceptors (Lipinski definition) is 5. The van der Waals surface area contributed by atoms with Crippen LogP contribution in [-0.2, 0) is 6.54 Å². The number of thioether (sulfide) groups is 1. The molecule has 0 aliphatic carbocycles. The Morgan fingerprint density at radius 1 is 1.16 bits per heavy atom. The van der Waals surface area contributed by atoms with Crippen molar-refractivity contribution in [2.24, 2.45) is 0 Å². The molecule has 5 nitrogen and oxygen atoms in total. The van der Waals surface area contributed by atoms with Crippen molar-refractivity contribution < 1.29 is 9.21 Å². The van der Waals surface area contributed by atoms with Gasteiger partial charge < -0.3 is 8.98 Å². The monoisotopic (exact) mass is 355 g/mol. The van der Waals surface area contributed by atoms with Crippen molar-refractivity contribution in [3.8, 4) is 11.5 Å². The molecule has 6 heteroatoms. The van der Waals surface area contributed by atoms with Crippen molar-refractivity contribution in [1.82, 2.24) is 14.8 Å². The van der Waals surface area contributed by atoms with E-state index < -0.39 is 0 Å². The highest BCUT2D eigenvalue weighted by Crippen LogP contribution is 2.25. The minimum Gasteiger partial charge on any atom is -0.411 e. The highest BCUT2D eigenvalue weighted by Gasteiger charge is 2.17. The van der Waals surface area contributed by atoms with Crippen molar-refractivity contribution in [3.05, 3.63) is 52.8 Å². The van der Waals surface area contributed by atoms with Crippen molar-refractivity contribution in [2.75, 3.05) is 5.75 Å². The van der Waals surface area contributed by atoms with Crippen LogP contribution in [0.5, 0.6) is 0 Å². The first-order chi connectivity index (χ1) is 12.0. The molecule has 0 fully saturated rings. The molecule has 0 radical (unpaired) electrons. The third-order valence-corrected chi connectivity index (χ3v) is 5.04. The molecule has 3 aromatic rings. The van der Waals surface area contributed by atoms with Crippen LogP contribution in [0.2, 0.25) is 0 Å². The predicted molar refractivity (Wildman–Crippen MR) is 99.1 cm³/mol. The molecule has 0 saturated carbocycles. The first-order valence-electron chi connectivity index (χ1n) is 8.23. The third-order valence-electron chi connectivity index (χ3n) is 4.22. The quantitative estimate of drug-likeness (QED) is 0.483. The van der Waals surface area contributed by atoms with Gasteiger partial charge in [-0.25, -0.2) is 0 Å². The maximum absolute atomic E-state index is 12.5. The van der Waals surface area contributed by atoms with Crippen LogP contribution < -0.4 is 0 Å². The zero-order chi connectivity index (χ0) is 18.0. The van der Waals surface area contributed by atoms with Crippen LogP contribution in [0, 0.1) is 20.8 Å². The van der Waals surface area contributed by atoms with Crippen LogP contribution in [0.25, 0.3) is 11.5 Å². The Labute approximate surface area is 151 Å². The summed E-state index contributed by atoms with van der Waals surface area (Å²) in [6, 6.07) is 9.84. The summed E-state index contributed by atoms with van der Waals surface area (Å²) in [7, 11) is 0. The van der Waals surface area contributed by atoms with E-state index in [1.54, 1.807) is 0 Å². The van der Waals surface area contributed by atoms with Gasteiger partial charge >= 0.3 is 0 Å². The average Bonchev–Trinajstić information content (AvgIpc) is 3.18. The molecule has 2 aromatic heterocycles. The SMILES string of the molecule is CCn1c(C)cc(C(=O)CSc2nnc(-c3ccc(C)cc3)o2)c1C. The molecule has 0 saturated heterocycles. The van der Waals surface area contributed by atoms with Gasteiger partial charge in [0.1, 0.15) is 0 Å². The smallest absolute Gasteiger partial charge is 0.277 e. The molecule has 0 bridgehead atoms. The molecule has 0 atom stereocenters. The number of hydrogen-bond donors (Lipinski definition) is 0. The fourth-order valence-electron chi connectivity index (χ4n) is 2.86. The van der Waals surface area contributed by atoms with E-state index in [1.165, 1.54) is 17.3 Å². The molecule has 0 amide bonds. The van der Waals surface area contributed by atoms with E-state index in [-0.39, 0.29) is 11.5 Å². The van der Waals surface area contributed by atoms with E-state index in [0.29, 0.717) is 11.1 Å². The molecule has 2 heterocycles. The molecule has 0 aliphatic rings. The maximum Gasteiger partial charge on any atom is 0.277 e. The fraction of sp³-hybridized carbons (Fsp3) is 0.316. The van der Waals surface area contributed by atoms with E-state index in [2.05, 4.69) is 21.7 Å². The molecular formula is C19H21N3O2S. The molecule has 3 rings (SSSR count). The van der Waals surface area contributed by atoms with Crippen LogP contribution in [-0.4, -0.2) is 26.3 Å². The Balaban J connectivity index is 1.68. The van der Waals surface area contributed by atoms with Crippen molar-refractivity contribution in [1.29, 1.82) is 0 Å². The largest absolute Gasteiger partial charge is 0.411 e. The van der Waals surface area contributed by atoms with Crippen LogP contribution in [0.4, 0.5) is 0 Å². The lowest BCUT2D eigenvalue weighted by Gasteiger charge is -2.05. The molecule has 1 aromatic carbocycles. The van der Waals surface area contributed by atoms with Crippen LogP contribution in [0.1, 0.15) is 34.2 Å². The molecule has 130 valence electrons. The van der Waals surface area contributed by atoms with E-state index >= 15 is 0 Å². The zero-order valence-corrected chi connectivity index (χ0v) is 15.7. The van der Waals surface area contributed by atoms with Gasteiger partial charge in [-0.1, -0.05) is 29.5 Å². The van der Waals surface area contributed by atoms with Crippen LogP contribution in [0.15, 0.2) is 40.0 Å². The van der Waals surface area contributed by atoms with E-state index in [1.807, 2.05) is 51.1 Å². The Kier molecular flexibility index (Phi) is 5.08. The Morgan fingerprint density at radius 2 is 1.88 bits per heavy atom. The van der Waals surface area contributed by atoms with Crippen molar-refractivity contribution in [3.63, 3.8) is 0 Å². The second kappa shape index (κ2) is 7.27. The normalized spacial score (nSPS) is 11.0. The number of carbonyl (C=O) groups excluding carboxylic acids is 1. The summed E-state index contributed by atoms with van der Waals surface area (Å²) in [4.78, 5) is 12.5. The number of aryl methyl sites for hydroxylation is 2. The summed E-state index contributed by atoms with van der Waals surface area (Å²) in [5, 5.41) is 8.50. The van der Waals surface area contributed by atoms with Gasteiger partial charge in [-0.05, 0) is 45.9 Å². The van der Waals surface area contributed by atoms with Crippen LogP contribution in [0.3, 0.4) is 0 Å². The Hall–Kier alpha value is -2.34. The molecule has 0 spiro atoms. The number of benzene rings is 1. The van der Waals surface area contributed by atoms with Gasteiger partial charge in [-0.3, -0.25) is 4.79 Å². The van der Waals surface area contributed by atoms with Gasteiger partial charge in [0.15, 0.2) is 5.78 Å². The summed E-state index contributed by atoms with van der Waals surface area (Å²) in [5.74, 6) is 0.829. The third kappa shape index (κ3) is 3.69. The number of carbonyl (C=O) groups is 1. The summed E-state index contributed by atoms with van der Waals surface area (Å²) in [6.45, 7) is 8.97. The predicted octanol–water partition coefficient (Wildman–Crippen LogP) is 4.46. The lowest BCUT2D eigenvalue weighted by molar-refractivity contribution is 0.102.